The Morgan fingerprint density at radius 3 is 2.75 bits per heavy atom. The van der Waals surface area contributed by atoms with Gasteiger partial charge >= 0.3 is 0 Å². The average Bonchev–Trinajstić information content (AvgIpc) is 2.06. The molecule has 0 saturated carbocycles. The van der Waals surface area contributed by atoms with Crippen LogP contribution in [-0.2, 0) is 6.54 Å². The molecule has 0 aliphatic carbocycles. The molecule has 0 radical (unpaired) electrons. The molecule has 4 heteroatoms. The van der Waals surface area contributed by atoms with Crippen LogP contribution in [0.2, 0.25) is 0 Å². The van der Waals surface area contributed by atoms with Crippen molar-refractivity contribution in [3.8, 4) is 5.75 Å². The number of ether oxygens (including phenoxy) is 1. The lowest BCUT2D eigenvalue weighted by molar-refractivity contribution is 0.417. The van der Waals surface area contributed by atoms with Gasteiger partial charge in [-0.05, 0) is 12.1 Å². The summed E-state index contributed by atoms with van der Waals surface area (Å²) in [6.07, 6.45) is 0. The quantitative estimate of drug-likeness (QED) is 0.695. The molecule has 0 saturated heterocycles. The summed E-state index contributed by atoms with van der Waals surface area (Å²) in [5.41, 5.74) is 5.85. The van der Waals surface area contributed by atoms with Gasteiger partial charge in [0, 0.05) is 17.4 Å². The molecular formula is C8H11FNOP. The number of benzene rings is 1. The van der Waals surface area contributed by atoms with E-state index in [2.05, 4.69) is 9.24 Å². The molecule has 12 heavy (non-hydrogen) atoms. The van der Waals surface area contributed by atoms with Crippen LogP contribution in [0.3, 0.4) is 0 Å². The van der Waals surface area contributed by atoms with Gasteiger partial charge in [0.05, 0.1) is 7.11 Å². The van der Waals surface area contributed by atoms with Crippen molar-refractivity contribution in [1.82, 2.24) is 0 Å². The molecule has 66 valence electrons. The SMILES string of the molecule is COc1ccc(F)c(CN)c1P. The minimum atomic E-state index is -0.289. The van der Waals surface area contributed by atoms with E-state index in [0.717, 1.165) is 0 Å². The Hall–Kier alpha value is -0.660. The van der Waals surface area contributed by atoms with Gasteiger partial charge in [-0.25, -0.2) is 4.39 Å². The van der Waals surface area contributed by atoms with Crippen LogP contribution in [0, 0.1) is 5.82 Å². The van der Waals surface area contributed by atoms with E-state index in [1.807, 2.05) is 0 Å². The maximum absolute atomic E-state index is 13.0. The molecule has 0 fully saturated rings. The summed E-state index contributed by atoms with van der Waals surface area (Å²) in [7, 11) is 3.97. The Balaban J connectivity index is 3.24. The van der Waals surface area contributed by atoms with Crippen LogP contribution in [0.15, 0.2) is 12.1 Å². The second-order valence-corrected chi connectivity index (χ2v) is 2.92. The van der Waals surface area contributed by atoms with Gasteiger partial charge in [0.25, 0.3) is 0 Å². The van der Waals surface area contributed by atoms with Crippen LogP contribution in [0.25, 0.3) is 0 Å². The first-order chi connectivity index (χ1) is 5.70. The fraction of sp³-hybridized carbons (Fsp3) is 0.250. The highest BCUT2D eigenvalue weighted by atomic mass is 31.0. The van der Waals surface area contributed by atoms with Crippen molar-refractivity contribution in [1.29, 1.82) is 0 Å². The third-order valence-corrected chi connectivity index (χ3v) is 2.32. The summed E-state index contributed by atoms with van der Waals surface area (Å²) < 4.78 is 18.0. The molecule has 1 rings (SSSR count). The fourth-order valence-corrected chi connectivity index (χ4v) is 1.47. The highest BCUT2D eigenvalue weighted by molar-refractivity contribution is 7.28. The minimum Gasteiger partial charge on any atom is -0.496 e. The number of nitrogens with two attached hydrogens (primary N) is 1. The predicted molar refractivity (Wildman–Crippen MR) is 50.2 cm³/mol. The van der Waals surface area contributed by atoms with Gasteiger partial charge in [0.1, 0.15) is 11.6 Å². The van der Waals surface area contributed by atoms with Crippen LogP contribution in [0.5, 0.6) is 5.75 Å². The molecule has 0 aliphatic heterocycles. The van der Waals surface area contributed by atoms with Gasteiger partial charge in [-0.15, -0.1) is 9.24 Å². The van der Waals surface area contributed by atoms with Gasteiger partial charge in [0.2, 0.25) is 0 Å². The highest BCUT2D eigenvalue weighted by Crippen LogP contribution is 2.16. The zero-order chi connectivity index (χ0) is 9.14. The smallest absolute Gasteiger partial charge is 0.128 e. The van der Waals surface area contributed by atoms with E-state index in [4.69, 9.17) is 10.5 Å². The Morgan fingerprint density at radius 2 is 2.25 bits per heavy atom. The van der Waals surface area contributed by atoms with Gasteiger partial charge in [-0.3, -0.25) is 0 Å². The second kappa shape index (κ2) is 3.83. The minimum absolute atomic E-state index is 0.182. The second-order valence-electron chi connectivity index (χ2n) is 2.35. The maximum Gasteiger partial charge on any atom is 0.128 e. The average molecular weight is 187 g/mol. The molecule has 0 aliphatic rings. The Kier molecular flexibility index (Phi) is 3.01. The van der Waals surface area contributed by atoms with Gasteiger partial charge in [-0.1, -0.05) is 0 Å². The molecule has 1 unspecified atom stereocenters. The number of rotatable bonds is 2. The molecule has 2 N–H and O–H groups in total. The van der Waals surface area contributed by atoms with Crippen LogP contribution in [0.4, 0.5) is 4.39 Å². The van der Waals surface area contributed by atoms with Crippen molar-refractivity contribution < 1.29 is 9.13 Å². The van der Waals surface area contributed by atoms with Gasteiger partial charge in [0.15, 0.2) is 0 Å². The Labute approximate surface area is 73.1 Å². The zero-order valence-electron chi connectivity index (χ0n) is 6.80. The van der Waals surface area contributed by atoms with Crippen LogP contribution < -0.4 is 15.8 Å². The van der Waals surface area contributed by atoms with E-state index in [0.29, 0.717) is 16.6 Å². The molecule has 0 aromatic heterocycles. The summed E-state index contributed by atoms with van der Waals surface area (Å²) in [6, 6.07) is 2.94. The predicted octanol–water partition coefficient (Wildman–Crippen LogP) is 0.793. The largest absolute Gasteiger partial charge is 0.496 e. The fourth-order valence-electron chi connectivity index (χ4n) is 1.00. The summed E-state index contributed by atoms with van der Waals surface area (Å²) >= 11 is 0. The topological polar surface area (TPSA) is 35.2 Å². The number of hydrogen-bond donors (Lipinski definition) is 1. The van der Waals surface area contributed by atoms with Crippen molar-refractivity contribution in [3.63, 3.8) is 0 Å². The van der Waals surface area contributed by atoms with Crippen molar-refractivity contribution in [2.24, 2.45) is 5.73 Å². The summed E-state index contributed by atoms with van der Waals surface area (Å²) in [5.74, 6) is 0.352. The summed E-state index contributed by atoms with van der Waals surface area (Å²) in [5, 5.41) is 0.694. The van der Waals surface area contributed by atoms with Crippen LogP contribution >= 0.6 is 9.24 Å². The molecule has 1 atom stereocenters. The van der Waals surface area contributed by atoms with E-state index in [1.54, 1.807) is 13.2 Å². The van der Waals surface area contributed by atoms with E-state index < -0.39 is 0 Å². The van der Waals surface area contributed by atoms with Crippen molar-refractivity contribution in [3.05, 3.63) is 23.5 Å². The first kappa shape index (κ1) is 9.43. The standard InChI is InChI=1S/C8H11FNOP/c1-11-7-3-2-6(9)5(4-10)8(7)12/h2-3H,4,10,12H2,1H3. The first-order valence-electron chi connectivity index (χ1n) is 3.51. The lowest BCUT2D eigenvalue weighted by Crippen LogP contribution is -2.12. The molecule has 1 aromatic rings. The van der Waals surface area contributed by atoms with Gasteiger partial charge in [-0.2, -0.15) is 0 Å². The van der Waals surface area contributed by atoms with Crippen molar-refractivity contribution >= 4 is 14.5 Å². The van der Waals surface area contributed by atoms with E-state index in [9.17, 15) is 4.39 Å². The third kappa shape index (κ3) is 1.57. The molecule has 0 heterocycles. The molecule has 1 aromatic carbocycles. The van der Waals surface area contributed by atoms with Crippen molar-refractivity contribution in [2.75, 3.05) is 7.11 Å². The Bertz CT molecular complexity index is 291. The Morgan fingerprint density at radius 1 is 1.58 bits per heavy atom. The van der Waals surface area contributed by atoms with Crippen LogP contribution in [-0.4, -0.2) is 7.11 Å². The molecule has 0 bridgehead atoms. The lowest BCUT2D eigenvalue weighted by Gasteiger charge is -2.08. The van der Waals surface area contributed by atoms with E-state index >= 15 is 0 Å². The molecule has 2 nitrogen and oxygen atoms in total. The van der Waals surface area contributed by atoms with E-state index in [1.165, 1.54) is 6.07 Å². The lowest BCUT2D eigenvalue weighted by atomic mass is 10.2. The normalized spacial score (nSPS) is 10.0. The molecule has 0 amide bonds. The summed E-state index contributed by atoms with van der Waals surface area (Å²) in [6.45, 7) is 0.182. The monoisotopic (exact) mass is 187 g/mol. The number of methoxy groups -OCH3 is 1. The van der Waals surface area contributed by atoms with Gasteiger partial charge < -0.3 is 10.5 Å². The third-order valence-electron chi connectivity index (χ3n) is 1.68. The summed E-state index contributed by atoms with van der Waals surface area (Å²) in [4.78, 5) is 0. The molecule has 0 spiro atoms. The van der Waals surface area contributed by atoms with E-state index in [-0.39, 0.29) is 12.4 Å². The number of hydrogen-bond acceptors (Lipinski definition) is 2. The van der Waals surface area contributed by atoms with Crippen molar-refractivity contribution in [2.45, 2.75) is 6.54 Å². The first-order valence-corrected chi connectivity index (χ1v) is 4.09. The maximum atomic E-state index is 13.0. The molecular weight excluding hydrogens is 176 g/mol. The highest BCUT2D eigenvalue weighted by Gasteiger charge is 2.08. The van der Waals surface area contributed by atoms with Crippen LogP contribution in [0.1, 0.15) is 5.56 Å². The number of halogens is 1. The zero-order valence-corrected chi connectivity index (χ0v) is 7.96.